The van der Waals surface area contributed by atoms with Gasteiger partial charge in [-0.1, -0.05) is 37.3 Å². The first-order valence-electron chi connectivity index (χ1n) is 11.4. The van der Waals surface area contributed by atoms with E-state index < -0.39 is 16.1 Å². The van der Waals surface area contributed by atoms with E-state index in [1.807, 2.05) is 39.0 Å². The lowest BCUT2D eigenvalue weighted by molar-refractivity contribution is -0.122. The number of nitrogens with one attached hydrogen (secondary N) is 1. The smallest absolute Gasteiger partial charge is 0.244 e. The number of amides is 1. The Morgan fingerprint density at radius 2 is 1.73 bits per heavy atom. The second kappa shape index (κ2) is 11.1. The summed E-state index contributed by atoms with van der Waals surface area (Å²) in [5.74, 6) is -0.305. The predicted molar refractivity (Wildman–Crippen MR) is 132 cm³/mol. The highest BCUT2D eigenvalue weighted by molar-refractivity contribution is 7.92. The van der Waals surface area contributed by atoms with E-state index in [1.54, 1.807) is 12.1 Å². The number of aryl methyl sites for hydroxylation is 2. The normalized spacial score (nSPS) is 15.8. The van der Waals surface area contributed by atoms with E-state index in [0.717, 1.165) is 55.8 Å². The number of carbonyl (C=O) groups is 1. The van der Waals surface area contributed by atoms with Gasteiger partial charge in [-0.3, -0.25) is 14.0 Å². The standard InChI is InChI=1S/C25H35N3O4S/c1-5-24(28(33(4,30)31)23-14-19(2)13-20(3)15-23)25(29)26-17-21-7-6-8-22(16-21)18-27-9-11-32-12-10-27/h6-8,13-16,24H,5,9-12,17-18H2,1-4H3,(H,26,29)/t24-/m0/s1. The first-order valence-corrected chi connectivity index (χ1v) is 13.3. The summed E-state index contributed by atoms with van der Waals surface area (Å²) in [6.45, 7) is 10.2. The summed E-state index contributed by atoms with van der Waals surface area (Å²) in [5.41, 5.74) is 4.59. The monoisotopic (exact) mass is 473 g/mol. The number of hydrogen-bond donors (Lipinski definition) is 1. The zero-order chi connectivity index (χ0) is 24.0. The Morgan fingerprint density at radius 3 is 2.33 bits per heavy atom. The van der Waals surface area contributed by atoms with Crippen LogP contribution >= 0.6 is 0 Å². The number of benzene rings is 2. The highest BCUT2D eigenvalue weighted by Crippen LogP contribution is 2.25. The topological polar surface area (TPSA) is 79.0 Å². The number of anilines is 1. The van der Waals surface area contributed by atoms with Crippen molar-refractivity contribution in [1.29, 1.82) is 0 Å². The zero-order valence-electron chi connectivity index (χ0n) is 20.0. The third kappa shape index (κ3) is 7.03. The van der Waals surface area contributed by atoms with Gasteiger partial charge in [0.15, 0.2) is 0 Å². The van der Waals surface area contributed by atoms with Gasteiger partial charge in [-0.05, 0) is 54.7 Å². The Bertz CT molecular complexity index is 1040. The molecule has 1 N–H and O–H groups in total. The number of hydrogen-bond acceptors (Lipinski definition) is 5. The SMILES string of the molecule is CC[C@@H](C(=O)NCc1cccc(CN2CCOCC2)c1)N(c1cc(C)cc(C)c1)S(C)(=O)=O. The van der Waals surface area contributed by atoms with Crippen LogP contribution in [0.3, 0.4) is 0 Å². The van der Waals surface area contributed by atoms with Gasteiger partial charge in [-0.25, -0.2) is 8.42 Å². The fraction of sp³-hybridized carbons (Fsp3) is 0.480. The van der Waals surface area contributed by atoms with Crippen molar-refractivity contribution in [1.82, 2.24) is 10.2 Å². The van der Waals surface area contributed by atoms with Crippen LogP contribution in [0.5, 0.6) is 0 Å². The molecule has 1 heterocycles. The highest BCUT2D eigenvalue weighted by Gasteiger charge is 2.31. The van der Waals surface area contributed by atoms with Crippen LogP contribution in [0, 0.1) is 13.8 Å². The molecule has 0 bridgehead atoms. The molecule has 0 unspecified atom stereocenters. The van der Waals surface area contributed by atoms with Crippen molar-refractivity contribution in [3.8, 4) is 0 Å². The van der Waals surface area contributed by atoms with Crippen molar-refractivity contribution in [3.63, 3.8) is 0 Å². The number of sulfonamides is 1. The quantitative estimate of drug-likeness (QED) is 0.606. The summed E-state index contributed by atoms with van der Waals surface area (Å²) < 4.78 is 32.1. The minimum absolute atomic E-state index is 0.305. The van der Waals surface area contributed by atoms with Crippen molar-refractivity contribution in [3.05, 3.63) is 64.7 Å². The second-order valence-corrected chi connectivity index (χ2v) is 10.6. The molecule has 7 nitrogen and oxygen atoms in total. The van der Waals surface area contributed by atoms with Gasteiger partial charge in [0.05, 0.1) is 25.2 Å². The summed E-state index contributed by atoms with van der Waals surface area (Å²) in [6.07, 6.45) is 1.51. The van der Waals surface area contributed by atoms with E-state index in [9.17, 15) is 13.2 Å². The minimum Gasteiger partial charge on any atom is -0.379 e. The number of carbonyl (C=O) groups excluding carboxylic acids is 1. The lowest BCUT2D eigenvalue weighted by Crippen LogP contribution is -2.49. The number of rotatable bonds is 9. The maximum Gasteiger partial charge on any atom is 0.244 e. The second-order valence-electron chi connectivity index (χ2n) is 8.76. The van der Waals surface area contributed by atoms with Crippen LogP contribution in [0.1, 0.15) is 35.6 Å². The molecular formula is C25H35N3O4S. The van der Waals surface area contributed by atoms with Crippen molar-refractivity contribution in [2.24, 2.45) is 0 Å². The Morgan fingerprint density at radius 1 is 1.09 bits per heavy atom. The number of nitrogens with zero attached hydrogens (tertiary/aromatic N) is 2. The maximum atomic E-state index is 13.1. The van der Waals surface area contributed by atoms with Gasteiger partial charge in [0.1, 0.15) is 6.04 Å². The Balaban J connectivity index is 1.72. The minimum atomic E-state index is -3.66. The van der Waals surface area contributed by atoms with Crippen LogP contribution < -0.4 is 9.62 Å². The molecule has 0 saturated carbocycles. The Labute approximate surface area is 197 Å². The van der Waals surface area contributed by atoms with Crippen LogP contribution in [0.4, 0.5) is 5.69 Å². The van der Waals surface area contributed by atoms with Crippen LogP contribution in [0.15, 0.2) is 42.5 Å². The molecule has 2 aromatic rings. The average Bonchev–Trinajstić information content (AvgIpc) is 2.75. The molecule has 0 spiro atoms. The Hall–Kier alpha value is -2.42. The molecule has 1 atom stereocenters. The molecule has 8 heteroatoms. The van der Waals surface area contributed by atoms with Crippen LogP contribution in [-0.2, 0) is 32.6 Å². The Kier molecular flexibility index (Phi) is 8.51. The van der Waals surface area contributed by atoms with E-state index in [-0.39, 0.29) is 5.91 Å². The summed E-state index contributed by atoms with van der Waals surface area (Å²) in [4.78, 5) is 15.5. The van der Waals surface area contributed by atoms with E-state index in [4.69, 9.17) is 4.74 Å². The molecule has 0 aliphatic carbocycles. The van der Waals surface area contributed by atoms with Gasteiger partial charge < -0.3 is 10.1 Å². The summed E-state index contributed by atoms with van der Waals surface area (Å²) in [7, 11) is -3.66. The third-order valence-corrected chi connectivity index (χ3v) is 6.94. The van der Waals surface area contributed by atoms with E-state index in [2.05, 4.69) is 22.3 Å². The van der Waals surface area contributed by atoms with Crippen LogP contribution in [-0.4, -0.2) is 57.8 Å². The van der Waals surface area contributed by atoms with E-state index in [1.165, 1.54) is 9.87 Å². The van der Waals surface area contributed by atoms with Crippen molar-refractivity contribution in [2.75, 3.05) is 36.9 Å². The van der Waals surface area contributed by atoms with Gasteiger partial charge >= 0.3 is 0 Å². The predicted octanol–water partition coefficient (Wildman–Crippen LogP) is 3.00. The molecule has 0 aromatic heterocycles. The molecule has 1 amide bonds. The molecule has 1 aliphatic heterocycles. The molecule has 1 aliphatic rings. The third-order valence-electron chi connectivity index (χ3n) is 5.76. The molecule has 180 valence electrons. The van der Waals surface area contributed by atoms with Gasteiger partial charge in [-0.15, -0.1) is 0 Å². The molecule has 33 heavy (non-hydrogen) atoms. The first-order chi connectivity index (χ1) is 15.7. The maximum absolute atomic E-state index is 13.1. The van der Waals surface area contributed by atoms with Crippen LogP contribution in [0.25, 0.3) is 0 Å². The van der Waals surface area contributed by atoms with Crippen LogP contribution in [0.2, 0.25) is 0 Å². The number of morpholine rings is 1. The molecule has 2 aromatic carbocycles. The molecule has 0 radical (unpaired) electrons. The van der Waals surface area contributed by atoms with E-state index in [0.29, 0.717) is 18.7 Å². The van der Waals surface area contributed by atoms with Crippen molar-refractivity contribution >= 4 is 21.6 Å². The molecule has 1 saturated heterocycles. The summed E-state index contributed by atoms with van der Waals surface area (Å²) >= 11 is 0. The molecule has 1 fully saturated rings. The number of ether oxygens (including phenoxy) is 1. The lowest BCUT2D eigenvalue weighted by Gasteiger charge is -2.30. The lowest BCUT2D eigenvalue weighted by atomic mass is 10.1. The molecule has 3 rings (SSSR count). The van der Waals surface area contributed by atoms with Crippen molar-refractivity contribution in [2.45, 2.75) is 46.3 Å². The average molecular weight is 474 g/mol. The largest absolute Gasteiger partial charge is 0.379 e. The van der Waals surface area contributed by atoms with Gasteiger partial charge in [0.2, 0.25) is 15.9 Å². The van der Waals surface area contributed by atoms with Gasteiger partial charge in [0.25, 0.3) is 0 Å². The molecular weight excluding hydrogens is 438 g/mol. The summed E-state index contributed by atoms with van der Waals surface area (Å²) in [5, 5.41) is 2.95. The highest BCUT2D eigenvalue weighted by atomic mass is 32.2. The van der Waals surface area contributed by atoms with Gasteiger partial charge in [-0.2, -0.15) is 0 Å². The fourth-order valence-electron chi connectivity index (χ4n) is 4.30. The first kappa shape index (κ1) is 25.2. The summed E-state index contributed by atoms with van der Waals surface area (Å²) in [6, 6.07) is 12.9. The van der Waals surface area contributed by atoms with E-state index >= 15 is 0 Å². The van der Waals surface area contributed by atoms with Gasteiger partial charge in [0, 0.05) is 26.2 Å². The fourth-order valence-corrected chi connectivity index (χ4v) is 5.50. The van der Waals surface area contributed by atoms with Crippen molar-refractivity contribution < 1.29 is 17.9 Å². The zero-order valence-corrected chi connectivity index (χ0v) is 20.8.